The Kier molecular flexibility index (Phi) is 9.10. The van der Waals surface area contributed by atoms with Gasteiger partial charge < -0.3 is 28.4 Å². The first-order valence-corrected chi connectivity index (χ1v) is 16.1. The highest BCUT2D eigenvalue weighted by Gasteiger charge is 2.62. The third-order valence-electron chi connectivity index (χ3n) is 7.77. The van der Waals surface area contributed by atoms with Crippen LogP contribution in [0.1, 0.15) is 32.3 Å². The fourth-order valence-corrected chi connectivity index (χ4v) is 10.8. The molecule has 240 valence electrons. The highest BCUT2D eigenvalue weighted by atomic mass is 32.2. The number of thioether (sulfide) groups is 3. The molecule has 0 unspecified atom stereocenters. The number of nitrogens with zero attached hydrogens (tertiary/aromatic N) is 1. The van der Waals surface area contributed by atoms with Crippen LogP contribution in [0.4, 0.5) is 5.69 Å². The van der Waals surface area contributed by atoms with Gasteiger partial charge in [-0.1, -0.05) is 35.3 Å². The SMILES string of the molecule is COC(=O)C1=C(C(=O)OC)SC2(S1)C(C(=O)OC)=C(C(=O)OC)SC1=C2c2cc(OC)ccc2N(C(=O)[C@H]2CCCO2)C1(C)C. The van der Waals surface area contributed by atoms with Crippen LogP contribution in [-0.2, 0) is 47.7 Å². The van der Waals surface area contributed by atoms with E-state index in [4.69, 9.17) is 28.4 Å². The molecule has 1 fully saturated rings. The molecule has 1 amide bonds. The quantitative estimate of drug-likeness (QED) is 0.318. The van der Waals surface area contributed by atoms with Crippen LogP contribution in [-0.4, -0.2) is 87.7 Å². The summed E-state index contributed by atoms with van der Waals surface area (Å²) in [6.07, 6.45) is 0.592. The molecule has 15 heteroatoms. The van der Waals surface area contributed by atoms with Crippen LogP contribution in [0.25, 0.3) is 5.57 Å². The number of anilines is 1. The van der Waals surface area contributed by atoms with E-state index >= 15 is 0 Å². The summed E-state index contributed by atoms with van der Waals surface area (Å²) in [5.74, 6) is -3.25. The Labute approximate surface area is 272 Å². The van der Waals surface area contributed by atoms with Crippen LogP contribution in [0.5, 0.6) is 5.75 Å². The number of esters is 4. The summed E-state index contributed by atoms with van der Waals surface area (Å²) in [5.41, 5.74) is 0.130. The molecular weight excluding hydrogens is 647 g/mol. The first-order chi connectivity index (χ1) is 21.4. The molecule has 1 aromatic carbocycles. The van der Waals surface area contributed by atoms with E-state index in [2.05, 4.69) is 0 Å². The molecule has 0 radical (unpaired) electrons. The Balaban J connectivity index is 1.89. The van der Waals surface area contributed by atoms with Crippen molar-refractivity contribution in [3.05, 3.63) is 49.0 Å². The lowest BCUT2D eigenvalue weighted by Crippen LogP contribution is -2.56. The molecule has 1 atom stereocenters. The lowest BCUT2D eigenvalue weighted by Gasteiger charge is -2.51. The van der Waals surface area contributed by atoms with Crippen molar-refractivity contribution in [2.24, 2.45) is 0 Å². The third kappa shape index (κ3) is 5.13. The van der Waals surface area contributed by atoms with Crippen molar-refractivity contribution in [1.29, 1.82) is 0 Å². The van der Waals surface area contributed by atoms with Crippen molar-refractivity contribution < 1.29 is 52.4 Å². The van der Waals surface area contributed by atoms with Crippen molar-refractivity contribution >= 4 is 76.3 Å². The maximum Gasteiger partial charge on any atom is 0.345 e. The number of rotatable bonds is 6. The van der Waals surface area contributed by atoms with E-state index in [1.54, 1.807) is 23.1 Å². The molecule has 0 N–H and O–H groups in total. The Morgan fingerprint density at radius 2 is 1.42 bits per heavy atom. The number of amides is 1. The van der Waals surface area contributed by atoms with Gasteiger partial charge >= 0.3 is 23.9 Å². The molecule has 0 bridgehead atoms. The predicted molar refractivity (Wildman–Crippen MR) is 168 cm³/mol. The summed E-state index contributed by atoms with van der Waals surface area (Å²) in [6, 6.07) is 5.16. The Morgan fingerprint density at radius 1 is 0.844 bits per heavy atom. The fourth-order valence-electron chi connectivity index (χ4n) is 5.73. The average Bonchev–Trinajstić information content (AvgIpc) is 3.72. The van der Waals surface area contributed by atoms with Crippen LogP contribution < -0.4 is 9.64 Å². The molecule has 12 nitrogen and oxygen atoms in total. The largest absolute Gasteiger partial charge is 0.497 e. The highest BCUT2D eigenvalue weighted by Crippen LogP contribution is 2.71. The molecule has 4 aliphatic heterocycles. The Bertz CT molecular complexity index is 1580. The van der Waals surface area contributed by atoms with Gasteiger partial charge in [0, 0.05) is 22.6 Å². The number of carbonyl (C=O) groups excluding carboxylic acids is 5. The minimum Gasteiger partial charge on any atom is -0.497 e. The van der Waals surface area contributed by atoms with Gasteiger partial charge in [0.2, 0.25) is 0 Å². The van der Waals surface area contributed by atoms with Crippen molar-refractivity contribution in [2.45, 2.75) is 42.4 Å². The monoisotopic (exact) mass is 677 g/mol. The summed E-state index contributed by atoms with van der Waals surface area (Å²) >= 11 is 2.69. The number of carbonyl (C=O) groups is 5. The van der Waals surface area contributed by atoms with Gasteiger partial charge in [0.1, 0.15) is 30.6 Å². The van der Waals surface area contributed by atoms with Crippen molar-refractivity contribution in [3.63, 3.8) is 0 Å². The minimum absolute atomic E-state index is 0.123. The highest BCUT2D eigenvalue weighted by molar-refractivity contribution is 8.26. The standard InChI is InChI=1S/C30H31NO11S3/c1-29(2)23-18(15-13-14(37-3)10-11-16(15)31(29)24(32)17-9-8-12-42-17)30(19(25(33)38-4)20(43-23)26(34)39-5)44-21(27(35)40-6)22(45-30)28(36)41-7/h10-11,13,17H,8-9,12H2,1-7H3/t17-/m1/s1. The summed E-state index contributed by atoms with van der Waals surface area (Å²) < 4.78 is 30.1. The first-order valence-electron chi connectivity index (χ1n) is 13.7. The lowest BCUT2D eigenvalue weighted by atomic mass is 9.83. The number of methoxy groups -OCH3 is 5. The second-order valence-electron chi connectivity index (χ2n) is 10.6. The van der Waals surface area contributed by atoms with E-state index in [0.717, 1.165) is 63.0 Å². The molecule has 0 aliphatic carbocycles. The summed E-state index contributed by atoms with van der Waals surface area (Å²) in [4.78, 5) is 69.5. The third-order valence-corrected chi connectivity index (χ3v) is 12.4. The molecule has 45 heavy (non-hydrogen) atoms. The molecule has 4 heterocycles. The molecule has 0 aromatic heterocycles. The van der Waals surface area contributed by atoms with Gasteiger partial charge in [-0.15, -0.1) is 0 Å². The summed E-state index contributed by atoms with van der Waals surface area (Å²) in [5, 5.41) is 0. The van der Waals surface area contributed by atoms with Crippen molar-refractivity contribution in [1.82, 2.24) is 0 Å². The van der Waals surface area contributed by atoms with Crippen molar-refractivity contribution in [2.75, 3.05) is 47.1 Å². The van der Waals surface area contributed by atoms with Crippen LogP contribution in [0.2, 0.25) is 0 Å². The van der Waals surface area contributed by atoms with Crippen molar-refractivity contribution in [3.8, 4) is 5.75 Å². The zero-order valence-electron chi connectivity index (χ0n) is 25.6. The number of benzene rings is 1. The molecule has 1 aromatic rings. The minimum atomic E-state index is -1.68. The van der Waals surface area contributed by atoms with E-state index in [1.807, 2.05) is 13.8 Å². The van der Waals surface area contributed by atoms with E-state index in [9.17, 15) is 24.0 Å². The maximum atomic E-state index is 14.2. The Morgan fingerprint density at radius 3 is 1.93 bits per heavy atom. The molecule has 1 spiro atoms. The van der Waals surface area contributed by atoms with Gasteiger partial charge in [-0.05, 0) is 44.9 Å². The van der Waals surface area contributed by atoms with Gasteiger partial charge in [-0.3, -0.25) is 9.69 Å². The summed E-state index contributed by atoms with van der Waals surface area (Å²) in [6.45, 7) is 4.09. The summed E-state index contributed by atoms with van der Waals surface area (Å²) in [7, 11) is 6.16. The second kappa shape index (κ2) is 12.4. The number of fused-ring (bicyclic) bond motifs is 3. The van der Waals surface area contributed by atoms with E-state index in [1.165, 1.54) is 14.2 Å². The average molecular weight is 678 g/mol. The lowest BCUT2D eigenvalue weighted by molar-refractivity contribution is -0.138. The smallest absolute Gasteiger partial charge is 0.345 e. The second-order valence-corrected chi connectivity index (χ2v) is 14.3. The van der Waals surface area contributed by atoms with Crippen LogP contribution in [0, 0.1) is 0 Å². The zero-order chi connectivity index (χ0) is 32.8. The van der Waals surface area contributed by atoms with Gasteiger partial charge in [0.05, 0.1) is 52.3 Å². The van der Waals surface area contributed by atoms with Gasteiger partial charge in [0.25, 0.3) is 5.91 Å². The normalized spacial score (nSPS) is 21.3. The molecule has 5 rings (SSSR count). The van der Waals surface area contributed by atoms with Crippen LogP contribution in [0.3, 0.4) is 0 Å². The molecular formula is C30H31NO11S3. The maximum absolute atomic E-state index is 14.2. The van der Waals surface area contributed by atoms with Crippen LogP contribution in [0.15, 0.2) is 43.4 Å². The molecule has 4 aliphatic rings. The zero-order valence-corrected chi connectivity index (χ0v) is 28.0. The van der Waals surface area contributed by atoms with Gasteiger partial charge in [0.15, 0.2) is 0 Å². The number of hydrogen-bond donors (Lipinski definition) is 0. The van der Waals surface area contributed by atoms with Gasteiger partial charge in [-0.2, -0.15) is 0 Å². The van der Waals surface area contributed by atoms with E-state index in [-0.39, 0.29) is 26.2 Å². The molecule has 0 saturated carbocycles. The number of hydrogen-bond acceptors (Lipinski definition) is 14. The fraction of sp³-hybridized carbons (Fsp3) is 0.433. The first kappa shape index (κ1) is 33.0. The number of ether oxygens (including phenoxy) is 6. The van der Waals surface area contributed by atoms with E-state index in [0.29, 0.717) is 40.5 Å². The predicted octanol–water partition coefficient (Wildman–Crippen LogP) is 3.79. The Hall–Kier alpha value is -3.40. The van der Waals surface area contributed by atoms with E-state index < -0.39 is 39.6 Å². The topological polar surface area (TPSA) is 144 Å². The van der Waals surface area contributed by atoms with Gasteiger partial charge in [-0.25, -0.2) is 19.2 Å². The molecule has 1 saturated heterocycles. The van der Waals surface area contributed by atoms with Crippen LogP contribution >= 0.6 is 35.3 Å².